The predicted octanol–water partition coefficient (Wildman–Crippen LogP) is 1.14. The lowest BCUT2D eigenvalue weighted by molar-refractivity contribution is 0.0834. The average molecular weight is 316 g/mol. The highest BCUT2D eigenvalue weighted by atomic mass is 16.5. The number of carbonyl (C=O) groups is 1. The Hall–Kier alpha value is -2.08. The standard InChI is InChI=1S/C17H24N4O2/c1-3-19-9-11-20(12-10-19)17-18-7-8-21(17)16(22)14-5-4-6-15(13-14)23-2/h4-6,13H,3,7-12H2,1-2H3. The van der Waals surface area contributed by atoms with Crippen LogP contribution in [0.4, 0.5) is 0 Å². The lowest BCUT2D eigenvalue weighted by atomic mass is 10.2. The molecule has 2 heterocycles. The Morgan fingerprint density at radius 2 is 2.00 bits per heavy atom. The summed E-state index contributed by atoms with van der Waals surface area (Å²) in [4.78, 5) is 23.9. The van der Waals surface area contributed by atoms with Crippen molar-refractivity contribution in [2.24, 2.45) is 4.99 Å². The maximum atomic E-state index is 12.8. The molecule has 0 aliphatic carbocycles. The van der Waals surface area contributed by atoms with Crippen LogP contribution >= 0.6 is 0 Å². The molecule has 0 spiro atoms. The second-order valence-corrected chi connectivity index (χ2v) is 5.79. The number of methoxy groups -OCH3 is 1. The lowest BCUT2D eigenvalue weighted by Crippen LogP contribution is -2.53. The molecule has 1 amide bonds. The summed E-state index contributed by atoms with van der Waals surface area (Å²) in [5.74, 6) is 1.52. The molecule has 0 unspecified atom stereocenters. The predicted molar refractivity (Wildman–Crippen MR) is 90.0 cm³/mol. The number of hydrogen-bond acceptors (Lipinski definition) is 5. The molecule has 6 heteroatoms. The molecule has 3 rings (SSSR count). The van der Waals surface area contributed by atoms with Gasteiger partial charge in [0.15, 0.2) is 0 Å². The van der Waals surface area contributed by atoms with Crippen LogP contribution in [0.15, 0.2) is 29.3 Å². The first-order valence-electron chi connectivity index (χ1n) is 8.20. The molecule has 2 aliphatic heterocycles. The van der Waals surface area contributed by atoms with E-state index in [2.05, 4.69) is 21.7 Å². The number of nitrogens with zero attached hydrogens (tertiary/aromatic N) is 4. The molecule has 0 saturated carbocycles. The largest absolute Gasteiger partial charge is 0.497 e. The van der Waals surface area contributed by atoms with Gasteiger partial charge in [0.05, 0.1) is 13.7 Å². The van der Waals surface area contributed by atoms with Crippen LogP contribution in [0, 0.1) is 0 Å². The van der Waals surface area contributed by atoms with Crippen molar-refractivity contribution in [3.05, 3.63) is 29.8 Å². The highest BCUT2D eigenvalue weighted by Gasteiger charge is 2.30. The van der Waals surface area contributed by atoms with Crippen molar-refractivity contribution < 1.29 is 9.53 Å². The summed E-state index contributed by atoms with van der Waals surface area (Å²) in [5, 5.41) is 0. The highest BCUT2D eigenvalue weighted by Crippen LogP contribution is 2.18. The molecule has 0 bridgehead atoms. The Bertz CT molecular complexity index is 594. The van der Waals surface area contributed by atoms with Crippen molar-refractivity contribution >= 4 is 11.9 Å². The Morgan fingerprint density at radius 3 is 2.70 bits per heavy atom. The van der Waals surface area contributed by atoms with Gasteiger partial charge in [0.1, 0.15) is 5.75 Å². The van der Waals surface area contributed by atoms with Crippen LogP contribution in [0.1, 0.15) is 17.3 Å². The third-order valence-electron chi connectivity index (χ3n) is 4.48. The maximum absolute atomic E-state index is 12.8. The molecule has 1 saturated heterocycles. The summed E-state index contributed by atoms with van der Waals surface area (Å²) in [6.07, 6.45) is 0. The number of ether oxygens (including phenoxy) is 1. The Labute approximate surface area is 137 Å². The number of carbonyl (C=O) groups excluding carboxylic acids is 1. The number of aliphatic imine (C=N–C) groups is 1. The summed E-state index contributed by atoms with van der Waals surface area (Å²) < 4.78 is 5.22. The first kappa shape index (κ1) is 15.8. The summed E-state index contributed by atoms with van der Waals surface area (Å²) >= 11 is 0. The smallest absolute Gasteiger partial charge is 0.260 e. The van der Waals surface area contributed by atoms with Crippen LogP contribution in [-0.4, -0.2) is 79.5 Å². The van der Waals surface area contributed by atoms with Crippen molar-refractivity contribution in [2.75, 3.05) is 52.9 Å². The summed E-state index contributed by atoms with van der Waals surface area (Å²) in [5.41, 5.74) is 0.645. The molecule has 23 heavy (non-hydrogen) atoms. The van der Waals surface area contributed by atoms with Gasteiger partial charge in [-0.3, -0.25) is 14.7 Å². The van der Waals surface area contributed by atoms with Gasteiger partial charge in [0.2, 0.25) is 5.96 Å². The second kappa shape index (κ2) is 7.00. The van der Waals surface area contributed by atoms with Crippen LogP contribution in [0.25, 0.3) is 0 Å². The second-order valence-electron chi connectivity index (χ2n) is 5.79. The fourth-order valence-electron chi connectivity index (χ4n) is 3.07. The minimum absolute atomic E-state index is 0.00179. The number of amides is 1. The fraction of sp³-hybridized carbons (Fsp3) is 0.529. The average Bonchev–Trinajstić information content (AvgIpc) is 3.11. The zero-order valence-electron chi connectivity index (χ0n) is 13.9. The van der Waals surface area contributed by atoms with Crippen molar-refractivity contribution in [1.82, 2.24) is 14.7 Å². The summed E-state index contributed by atoms with van der Waals surface area (Å²) in [7, 11) is 1.61. The van der Waals surface area contributed by atoms with E-state index >= 15 is 0 Å². The molecule has 0 radical (unpaired) electrons. The first-order valence-corrected chi connectivity index (χ1v) is 8.20. The van der Waals surface area contributed by atoms with Crippen LogP contribution in [-0.2, 0) is 0 Å². The van der Waals surface area contributed by atoms with E-state index < -0.39 is 0 Å². The minimum atomic E-state index is -0.00179. The molecular weight excluding hydrogens is 292 g/mol. The monoisotopic (exact) mass is 316 g/mol. The van der Waals surface area contributed by atoms with Crippen LogP contribution < -0.4 is 4.74 Å². The van der Waals surface area contributed by atoms with Crippen molar-refractivity contribution in [3.63, 3.8) is 0 Å². The van der Waals surface area contributed by atoms with E-state index in [-0.39, 0.29) is 5.91 Å². The first-order chi connectivity index (χ1) is 11.2. The van der Waals surface area contributed by atoms with E-state index in [0.717, 1.165) is 38.7 Å². The SMILES string of the molecule is CCN1CCN(C2=NCCN2C(=O)c2cccc(OC)c2)CC1. The summed E-state index contributed by atoms with van der Waals surface area (Å²) in [6, 6.07) is 7.31. The zero-order valence-corrected chi connectivity index (χ0v) is 13.9. The van der Waals surface area contributed by atoms with Gasteiger partial charge in [-0.15, -0.1) is 0 Å². The van der Waals surface area contributed by atoms with Gasteiger partial charge in [-0.2, -0.15) is 0 Å². The number of guanidine groups is 1. The molecule has 0 aromatic heterocycles. The van der Waals surface area contributed by atoms with Crippen molar-refractivity contribution in [3.8, 4) is 5.75 Å². The number of hydrogen-bond donors (Lipinski definition) is 0. The quantitative estimate of drug-likeness (QED) is 0.839. The van der Waals surface area contributed by atoms with E-state index in [9.17, 15) is 4.79 Å². The van der Waals surface area contributed by atoms with Crippen LogP contribution in [0.5, 0.6) is 5.75 Å². The van der Waals surface area contributed by atoms with Crippen LogP contribution in [0.2, 0.25) is 0 Å². The van der Waals surface area contributed by atoms with Gasteiger partial charge >= 0.3 is 0 Å². The van der Waals surface area contributed by atoms with Gasteiger partial charge in [0.25, 0.3) is 5.91 Å². The van der Waals surface area contributed by atoms with Gasteiger partial charge in [-0.1, -0.05) is 13.0 Å². The van der Waals surface area contributed by atoms with E-state index in [1.54, 1.807) is 18.1 Å². The van der Waals surface area contributed by atoms with E-state index in [0.29, 0.717) is 24.4 Å². The topological polar surface area (TPSA) is 48.4 Å². The third-order valence-corrected chi connectivity index (χ3v) is 4.48. The molecule has 0 N–H and O–H groups in total. The molecule has 6 nitrogen and oxygen atoms in total. The molecular formula is C17H24N4O2. The number of likely N-dealkylation sites (N-methyl/N-ethyl adjacent to an activating group) is 1. The lowest BCUT2D eigenvalue weighted by Gasteiger charge is -2.37. The zero-order chi connectivity index (χ0) is 16.2. The maximum Gasteiger partial charge on any atom is 0.260 e. The number of benzene rings is 1. The van der Waals surface area contributed by atoms with E-state index in [1.165, 1.54) is 0 Å². The van der Waals surface area contributed by atoms with Crippen molar-refractivity contribution in [1.29, 1.82) is 0 Å². The van der Waals surface area contributed by atoms with Gasteiger partial charge in [0, 0.05) is 38.3 Å². The minimum Gasteiger partial charge on any atom is -0.497 e. The van der Waals surface area contributed by atoms with E-state index in [4.69, 9.17) is 4.74 Å². The fourth-order valence-corrected chi connectivity index (χ4v) is 3.07. The molecule has 1 aromatic rings. The Morgan fingerprint density at radius 1 is 1.22 bits per heavy atom. The number of piperazine rings is 1. The van der Waals surface area contributed by atoms with Gasteiger partial charge in [-0.25, -0.2) is 0 Å². The molecule has 2 aliphatic rings. The van der Waals surface area contributed by atoms with Crippen molar-refractivity contribution in [2.45, 2.75) is 6.92 Å². The number of rotatable bonds is 3. The Balaban J connectivity index is 1.72. The summed E-state index contributed by atoms with van der Waals surface area (Å²) in [6.45, 7) is 8.49. The van der Waals surface area contributed by atoms with Gasteiger partial charge < -0.3 is 14.5 Å². The Kier molecular flexibility index (Phi) is 4.81. The molecule has 1 aromatic carbocycles. The third kappa shape index (κ3) is 3.32. The normalized spacial score (nSPS) is 19.0. The molecule has 1 fully saturated rings. The van der Waals surface area contributed by atoms with E-state index in [1.807, 2.05) is 18.2 Å². The molecule has 0 atom stereocenters. The molecule has 124 valence electrons. The van der Waals surface area contributed by atoms with Crippen LogP contribution in [0.3, 0.4) is 0 Å². The van der Waals surface area contributed by atoms with Gasteiger partial charge in [-0.05, 0) is 24.7 Å². The highest BCUT2D eigenvalue weighted by molar-refractivity contribution is 6.06.